The summed E-state index contributed by atoms with van der Waals surface area (Å²) >= 11 is 0. The van der Waals surface area contributed by atoms with Crippen LogP contribution in [-0.4, -0.2) is 35.9 Å². The molecule has 1 aliphatic rings. The van der Waals surface area contributed by atoms with Crippen molar-refractivity contribution >= 4 is 16.0 Å². The molecule has 0 aromatic heterocycles. The van der Waals surface area contributed by atoms with E-state index in [2.05, 4.69) is 0 Å². The summed E-state index contributed by atoms with van der Waals surface area (Å²) in [6.45, 7) is 1.63. The van der Waals surface area contributed by atoms with Crippen LogP contribution in [0.4, 0.5) is 0 Å². The molecule has 0 bridgehead atoms. The third kappa shape index (κ3) is 2.64. The van der Waals surface area contributed by atoms with Gasteiger partial charge in [-0.25, -0.2) is 8.42 Å². The Morgan fingerprint density at radius 1 is 1.33 bits per heavy atom. The Hall–Kier alpha value is -1.91. The van der Waals surface area contributed by atoms with Crippen molar-refractivity contribution in [1.29, 1.82) is 5.26 Å². The maximum absolute atomic E-state index is 12.7. The van der Waals surface area contributed by atoms with Crippen molar-refractivity contribution in [3.63, 3.8) is 0 Å². The highest BCUT2D eigenvalue weighted by Crippen LogP contribution is 2.33. The molecule has 6 nitrogen and oxygen atoms in total. The van der Waals surface area contributed by atoms with Gasteiger partial charge in [-0.2, -0.15) is 9.57 Å². The van der Waals surface area contributed by atoms with E-state index in [4.69, 9.17) is 5.26 Å². The number of rotatable bonds is 3. The fourth-order valence-electron chi connectivity index (χ4n) is 2.52. The molecule has 1 atom stereocenters. The summed E-state index contributed by atoms with van der Waals surface area (Å²) in [5.74, 6) is -1.14. The molecule has 0 aliphatic carbocycles. The molecule has 1 unspecified atom stereocenters. The van der Waals surface area contributed by atoms with Crippen LogP contribution in [-0.2, 0) is 14.8 Å². The topological polar surface area (TPSA) is 98.5 Å². The van der Waals surface area contributed by atoms with Gasteiger partial charge in [0.15, 0.2) is 0 Å². The Bertz CT molecular complexity index is 691. The van der Waals surface area contributed by atoms with Gasteiger partial charge >= 0.3 is 5.97 Å². The zero-order valence-electron chi connectivity index (χ0n) is 11.6. The number of hydrogen-bond acceptors (Lipinski definition) is 4. The van der Waals surface area contributed by atoms with Crippen molar-refractivity contribution in [3.05, 3.63) is 29.8 Å². The van der Waals surface area contributed by atoms with Crippen LogP contribution in [0.3, 0.4) is 0 Å². The summed E-state index contributed by atoms with van der Waals surface area (Å²) in [7, 11) is -3.90. The van der Waals surface area contributed by atoms with Gasteiger partial charge in [0.2, 0.25) is 10.0 Å². The molecular formula is C14H16N2O4S. The number of carboxylic acids is 1. The lowest BCUT2D eigenvalue weighted by atomic mass is 9.91. The highest BCUT2D eigenvalue weighted by molar-refractivity contribution is 7.89. The normalized spacial score (nSPS) is 23.4. The fraction of sp³-hybridized carbons (Fsp3) is 0.429. The Kier molecular flexibility index (Phi) is 4.03. The molecule has 1 aliphatic heterocycles. The molecule has 2 rings (SSSR count). The van der Waals surface area contributed by atoms with Gasteiger partial charge in [0.1, 0.15) is 5.54 Å². The first-order chi connectivity index (χ1) is 9.82. The van der Waals surface area contributed by atoms with Gasteiger partial charge in [-0.1, -0.05) is 0 Å². The maximum atomic E-state index is 12.7. The highest BCUT2D eigenvalue weighted by Gasteiger charge is 2.47. The van der Waals surface area contributed by atoms with E-state index in [1.54, 1.807) is 0 Å². The van der Waals surface area contributed by atoms with E-state index in [9.17, 15) is 18.3 Å². The number of carboxylic acid groups (broad SMARTS) is 1. The summed E-state index contributed by atoms with van der Waals surface area (Å²) in [5, 5.41) is 18.2. The van der Waals surface area contributed by atoms with E-state index >= 15 is 0 Å². The Balaban J connectivity index is 2.45. The van der Waals surface area contributed by atoms with Crippen molar-refractivity contribution < 1.29 is 18.3 Å². The summed E-state index contributed by atoms with van der Waals surface area (Å²) in [6, 6.07) is 7.42. The van der Waals surface area contributed by atoms with Crippen molar-refractivity contribution in [2.75, 3.05) is 6.54 Å². The smallest absolute Gasteiger partial charge is 0.324 e. The van der Waals surface area contributed by atoms with E-state index in [0.29, 0.717) is 18.4 Å². The molecule has 1 aromatic rings. The Labute approximate surface area is 123 Å². The van der Waals surface area contributed by atoms with Crippen LogP contribution in [0.15, 0.2) is 29.2 Å². The van der Waals surface area contributed by atoms with Crippen LogP contribution in [0.5, 0.6) is 0 Å². The van der Waals surface area contributed by atoms with E-state index in [1.807, 2.05) is 6.07 Å². The number of piperidine rings is 1. The summed E-state index contributed by atoms with van der Waals surface area (Å²) in [5.41, 5.74) is -1.07. The standard InChI is InChI=1S/C14H16N2O4S/c1-14(13(17)18)8-2-3-9-16(14)21(19,20)12-6-4-11(10-15)5-7-12/h4-7H,2-3,8-9H2,1H3,(H,17,18). The Morgan fingerprint density at radius 2 is 1.95 bits per heavy atom. The van der Waals surface area contributed by atoms with Gasteiger partial charge < -0.3 is 5.11 Å². The first kappa shape index (κ1) is 15.5. The molecule has 1 heterocycles. The van der Waals surface area contributed by atoms with Crippen molar-refractivity contribution in [1.82, 2.24) is 4.31 Å². The van der Waals surface area contributed by atoms with E-state index in [-0.39, 0.29) is 17.9 Å². The average molecular weight is 308 g/mol. The zero-order valence-corrected chi connectivity index (χ0v) is 12.4. The molecule has 0 amide bonds. The predicted molar refractivity (Wildman–Crippen MR) is 74.9 cm³/mol. The van der Waals surface area contributed by atoms with E-state index in [0.717, 1.165) is 4.31 Å². The van der Waals surface area contributed by atoms with Gasteiger partial charge in [0.25, 0.3) is 0 Å². The van der Waals surface area contributed by atoms with Gasteiger partial charge in [-0.15, -0.1) is 0 Å². The number of aliphatic carboxylic acids is 1. The lowest BCUT2D eigenvalue weighted by molar-refractivity contribution is -0.149. The number of sulfonamides is 1. The SMILES string of the molecule is CC1(C(=O)O)CCCCN1S(=O)(=O)c1ccc(C#N)cc1. The highest BCUT2D eigenvalue weighted by atomic mass is 32.2. The number of carbonyl (C=O) groups is 1. The molecule has 1 saturated heterocycles. The number of benzene rings is 1. The molecule has 1 aromatic carbocycles. The van der Waals surface area contributed by atoms with Gasteiger partial charge in [0.05, 0.1) is 16.5 Å². The van der Waals surface area contributed by atoms with Gasteiger partial charge in [-0.3, -0.25) is 4.79 Å². The average Bonchev–Trinajstić information content (AvgIpc) is 2.47. The number of nitrogens with zero attached hydrogens (tertiary/aromatic N) is 2. The molecule has 0 spiro atoms. The molecule has 1 fully saturated rings. The fourth-order valence-corrected chi connectivity index (χ4v) is 4.33. The summed E-state index contributed by atoms with van der Waals surface area (Å²) in [4.78, 5) is 11.5. The minimum absolute atomic E-state index is 0.0101. The van der Waals surface area contributed by atoms with Crippen LogP contribution in [0.2, 0.25) is 0 Å². The quantitative estimate of drug-likeness (QED) is 0.914. The van der Waals surface area contributed by atoms with Crippen LogP contribution >= 0.6 is 0 Å². The summed E-state index contributed by atoms with van der Waals surface area (Å²) in [6.07, 6.45) is 1.61. The molecular weight excluding hydrogens is 292 g/mol. The second-order valence-electron chi connectivity index (χ2n) is 5.25. The molecule has 21 heavy (non-hydrogen) atoms. The van der Waals surface area contributed by atoms with Crippen LogP contribution in [0.25, 0.3) is 0 Å². The van der Waals surface area contributed by atoms with Crippen LogP contribution in [0, 0.1) is 11.3 Å². The first-order valence-electron chi connectivity index (χ1n) is 6.59. The van der Waals surface area contributed by atoms with Gasteiger partial charge in [0, 0.05) is 6.54 Å². The third-order valence-electron chi connectivity index (χ3n) is 3.86. The lowest BCUT2D eigenvalue weighted by Gasteiger charge is -2.40. The maximum Gasteiger partial charge on any atom is 0.324 e. The monoisotopic (exact) mass is 308 g/mol. The number of hydrogen-bond donors (Lipinski definition) is 1. The minimum atomic E-state index is -3.90. The Morgan fingerprint density at radius 3 is 2.48 bits per heavy atom. The van der Waals surface area contributed by atoms with E-state index < -0.39 is 21.5 Å². The molecule has 7 heteroatoms. The van der Waals surface area contributed by atoms with Crippen molar-refractivity contribution in [2.24, 2.45) is 0 Å². The van der Waals surface area contributed by atoms with Crippen LogP contribution < -0.4 is 0 Å². The lowest BCUT2D eigenvalue weighted by Crippen LogP contribution is -2.57. The minimum Gasteiger partial charge on any atom is -0.480 e. The molecule has 0 saturated carbocycles. The number of nitriles is 1. The first-order valence-corrected chi connectivity index (χ1v) is 8.03. The summed E-state index contributed by atoms with van der Waals surface area (Å²) < 4.78 is 26.4. The second-order valence-corrected chi connectivity index (χ2v) is 7.11. The van der Waals surface area contributed by atoms with E-state index in [1.165, 1.54) is 31.2 Å². The molecule has 0 radical (unpaired) electrons. The second kappa shape index (κ2) is 5.47. The third-order valence-corrected chi connectivity index (χ3v) is 5.89. The predicted octanol–water partition coefficient (Wildman–Crippen LogP) is 1.58. The zero-order chi connectivity index (χ0) is 15.7. The largest absolute Gasteiger partial charge is 0.480 e. The van der Waals surface area contributed by atoms with Crippen LogP contribution in [0.1, 0.15) is 31.7 Å². The molecule has 112 valence electrons. The van der Waals surface area contributed by atoms with Crippen molar-refractivity contribution in [2.45, 2.75) is 36.6 Å². The van der Waals surface area contributed by atoms with Gasteiger partial charge in [-0.05, 0) is 50.5 Å². The van der Waals surface area contributed by atoms with Crippen molar-refractivity contribution in [3.8, 4) is 6.07 Å². The molecule has 1 N–H and O–H groups in total.